The van der Waals surface area contributed by atoms with Gasteiger partial charge in [0.05, 0.1) is 6.61 Å². The van der Waals surface area contributed by atoms with Crippen molar-refractivity contribution >= 4 is 21.6 Å². The van der Waals surface area contributed by atoms with Gasteiger partial charge >= 0.3 is 0 Å². The SMILES string of the molecule is O=S(=O)(c1ccc(Cl)nc1)N1CCC[C@H]1CO. The summed E-state index contributed by atoms with van der Waals surface area (Å²) in [6.45, 7) is 0.288. The summed E-state index contributed by atoms with van der Waals surface area (Å²) in [6.07, 6.45) is 2.70. The lowest BCUT2D eigenvalue weighted by atomic mass is 10.2. The summed E-state index contributed by atoms with van der Waals surface area (Å²) in [4.78, 5) is 3.88. The van der Waals surface area contributed by atoms with Crippen molar-refractivity contribution in [1.29, 1.82) is 0 Å². The van der Waals surface area contributed by atoms with Crippen LogP contribution in [0.5, 0.6) is 0 Å². The number of sulfonamides is 1. The molecule has 1 aliphatic heterocycles. The average molecular weight is 277 g/mol. The van der Waals surface area contributed by atoms with Gasteiger partial charge in [-0.05, 0) is 25.0 Å². The highest BCUT2D eigenvalue weighted by Crippen LogP contribution is 2.25. The smallest absolute Gasteiger partial charge is 0.244 e. The first-order chi connectivity index (χ1) is 8.05. The Morgan fingerprint density at radius 3 is 2.88 bits per heavy atom. The van der Waals surface area contributed by atoms with Gasteiger partial charge in [-0.15, -0.1) is 0 Å². The molecule has 94 valence electrons. The van der Waals surface area contributed by atoms with Gasteiger partial charge in [-0.25, -0.2) is 13.4 Å². The van der Waals surface area contributed by atoms with Crippen molar-refractivity contribution < 1.29 is 13.5 Å². The van der Waals surface area contributed by atoms with Crippen molar-refractivity contribution in [2.75, 3.05) is 13.2 Å². The van der Waals surface area contributed by atoms with Gasteiger partial charge in [-0.2, -0.15) is 4.31 Å². The van der Waals surface area contributed by atoms with Gasteiger partial charge in [-0.1, -0.05) is 11.6 Å². The van der Waals surface area contributed by atoms with Crippen molar-refractivity contribution in [3.63, 3.8) is 0 Å². The quantitative estimate of drug-likeness (QED) is 0.832. The maximum Gasteiger partial charge on any atom is 0.244 e. The summed E-state index contributed by atoms with van der Waals surface area (Å²) in [7, 11) is -3.56. The zero-order valence-electron chi connectivity index (χ0n) is 9.08. The zero-order chi connectivity index (χ0) is 12.5. The molecule has 0 radical (unpaired) electrons. The van der Waals surface area contributed by atoms with Crippen molar-refractivity contribution in [1.82, 2.24) is 9.29 Å². The molecule has 17 heavy (non-hydrogen) atoms. The Labute approximate surface area is 105 Å². The Hall–Kier alpha value is -0.690. The van der Waals surface area contributed by atoms with Crippen LogP contribution in [0.1, 0.15) is 12.8 Å². The predicted octanol–water partition coefficient (Wildman–Crippen LogP) is 0.880. The number of hydrogen-bond donors (Lipinski definition) is 1. The van der Waals surface area contributed by atoms with E-state index in [2.05, 4.69) is 4.98 Å². The molecule has 0 aromatic carbocycles. The van der Waals surface area contributed by atoms with Crippen molar-refractivity contribution in [3.8, 4) is 0 Å². The minimum Gasteiger partial charge on any atom is -0.395 e. The number of hydrogen-bond acceptors (Lipinski definition) is 4. The monoisotopic (exact) mass is 276 g/mol. The lowest BCUT2D eigenvalue weighted by Crippen LogP contribution is -2.37. The van der Waals surface area contributed by atoms with E-state index >= 15 is 0 Å². The van der Waals surface area contributed by atoms with Gasteiger partial charge in [0.1, 0.15) is 10.0 Å². The second-order valence-corrected chi connectivity index (χ2v) is 6.19. The molecule has 2 rings (SSSR count). The first kappa shape index (κ1) is 12.8. The third-order valence-electron chi connectivity index (χ3n) is 2.84. The van der Waals surface area contributed by atoms with Gasteiger partial charge in [-0.3, -0.25) is 0 Å². The minimum absolute atomic E-state index is 0.113. The summed E-state index contributed by atoms with van der Waals surface area (Å²) in [5.41, 5.74) is 0. The summed E-state index contributed by atoms with van der Waals surface area (Å²) in [5.74, 6) is 0. The van der Waals surface area contributed by atoms with Crippen LogP contribution in [0.2, 0.25) is 5.15 Å². The lowest BCUT2D eigenvalue weighted by molar-refractivity contribution is 0.213. The van der Waals surface area contributed by atoms with Crippen LogP contribution in [0, 0.1) is 0 Å². The van der Waals surface area contributed by atoms with Crippen LogP contribution in [0.4, 0.5) is 0 Å². The zero-order valence-corrected chi connectivity index (χ0v) is 10.7. The van der Waals surface area contributed by atoms with Crippen molar-refractivity contribution in [2.24, 2.45) is 0 Å². The molecule has 0 aliphatic carbocycles. The molecule has 1 N–H and O–H groups in total. The third kappa shape index (κ3) is 2.44. The largest absolute Gasteiger partial charge is 0.395 e. The topological polar surface area (TPSA) is 70.5 Å². The molecule has 0 saturated carbocycles. The van der Waals surface area contributed by atoms with Gasteiger partial charge in [0.25, 0.3) is 0 Å². The standard InChI is InChI=1S/C10H13ClN2O3S/c11-10-4-3-9(6-12-10)17(15,16)13-5-1-2-8(13)7-14/h3-4,6,8,14H,1-2,5,7H2/t8-/m0/s1. The van der Waals surface area contributed by atoms with E-state index in [1.807, 2.05) is 0 Å². The molecule has 2 heterocycles. The second-order valence-electron chi connectivity index (χ2n) is 3.91. The molecule has 0 amide bonds. The van der Waals surface area contributed by atoms with Crippen LogP contribution in [-0.4, -0.2) is 42.0 Å². The van der Waals surface area contributed by atoms with Gasteiger partial charge in [0.2, 0.25) is 10.0 Å². The lowest BCUT2D eigenvalue weighted by Gasteiger charge is -2.22. The maximum atomic E-state index is 12.2. The Kier molecular flexibility index (Phi) is 3.67. The Bertz CT molecular complexity index is 489. The van der Waals surface area contributed by atoms with E-state index in [9.17, 15) is 8.42 Å². The number of pyridine rings is 1. The number of aliphatic hydroxyl groups excluding tert-OH is 1. The van der Waals surface area contributed by atoms with Gasteiger partial charge < -0.3 is 5.11 Å². The highest BCUT2D eigenvalue weighted by atomic mass is 35.5. The molecule has 1 fully saturated rings. The molecule has 7 heteroatoms. The van der Waals surface area contributed by atoms with Crippen LogP contribution in [-0.2, 0) is 10.0 Å². The Morgan fingerprint density at radius 1 is 1.53 bits per heavy atom. The number of aromatic nitrogens is 1. The summed E-state index contributed by atoms with van der Waals surface area (Å²) < 4.78 is 25.8. The first-order valence-corrected chi connectivity index (χ1v) is 7.12. The molecular weight excluding hydrogens is 264 g/mol. The fourth-order valence-corrected chi connectivity index (χ4v) is 3.70. The predicted molar refractivity (Wildman–Crippen MR) is 63.2 cm³/mol. The number of nitrogens with zero attached hydrogens (tertiary/aromatic N) is 2. The fourth-order valence-electron chi connectivity index (χ4n) is 1.96. The highest BCUT2D eigenvalue weighted by Gasteiger charge is 2.34. The first-order valence-electron chi connectivity index (χ1n) is 5.30. The van der Waals surface area contributed by atoms with Crippen molar-refractivity contribution in [2.45, 2.75) is 23.8 Å². The van der Waals surface area contributed by atoms with Crippen molar-refractivity contribution in [3.05, 3.63) is 23.5 Å². The summed E-state index contributed by atoms with van der Waals surface area (Å²) >= 11 is 5.62. The van der Waals surface area contributed by atoms with E-state index in [1.54, 1.807) is 0 Å². The van der Waals surface area contributed by atoms with E-state index in [-0.39, 0.29) is 22.7 Å². The second kappa shape index (κ2) is 4.89. The normalized spacial score (nSPS) is 21.9. The van der Waals surface area contributed by atoms with Crippen LogP contribution < -0.4 is 0 Å². The summed E-state index contributed by atoms with van der Waals surface area (Å²) in [6, 6.07) is 2.55. The molecule has 1 aromatic rings. The van der Waals surface area contributed by atoms with E-state index in [0.29, 0.717) is 13.0 Å². The van der Waals surface area contributed by atoms with E-state index < -0.39 is 10.0 Å². The molecular formula is C10H13ClN2O3S. The van der Waals surface area contributed by atoms with Gasteiger partial charge in [0.15, 0.2) is 0 Å². The van der Waals surface area contributed by atoms with Crippen LogP contribution in [0.25, 0.3) is 0 Å². The highest BCUT2D eigenvalue weighted by molar-refractivity contribution is 7.89. The summed E-state index contributed by atoms with van der Waals surface area (Å²) in [5, 5.41) is 9.40. The number of aliphatic hydroxyl groups is 1. The molecule has 1 saturated heterocycles. The molecule has 0 unspecified atom stereocenters. The molecule has 0 spiro atoms. The van der Waals surface area contributed by atoms with Crippen LogP contribution >= 0.6 is 11.6 Å². The maximum absolute atomic E-state index is 12.2. The fraction of sp³-hybridized carbons (Fsp3) is 0.500. The number of rotatable bonds is 3. The third-order valence-corrected chi connectivity index (χ3v) is 5.00. The molecule has 1 atom stereocenters. The minimum atomic E-state index is -3.56. The Balaban J connectivity index is 2.33. The van der Waals surface area contributed by atoms with Crippen LogP contribution in [0.15, 0.2) is 23.2 Å². The van der Waals surface area contributed by atoms with E-state index in [0.717, 1.165) is 6.42 Å². The van der Waals surface area contributed by atoms with E-state index in [4.69, 9.17) is 16.7 Å². The van der Waals surface area contributed by atoms with Crippen LogP contribution in [0.3, 0.4) is 0 Å². The molecule has 1 aromatic heterocycles. The van der Waals surface area contributed by atoms with E-state index in [1.165, 1.54) is 22.6 Å². The Morgan fingerprint density at radius 2 is 2.29 bits per heavy atom. The van der Waals surface area contributed by atoms with Gasteiger partial charge in [0, 0.05) is 18.8 Å². The molecule has 1 aliphatic rings. The number of halogens is 1. The molecule has 0 bridgehead atoms. The molecule has 5 nitrogen and oxygen atoms in total. The average Bonchev–Trinajstić information content (AvgIpc) is 2.78.